The molecule has 1 aromatic heterocycles. The summed E-state index contributed by atoms with van der Waals surface area (Å²) in [5.41, 5.74) is 2.42. The van der Waals surface area contributed by atoms with Crippen molar-refractivity contribution in [3.63, 3.8) is 0 Å². The number of amides is 2. The molecule has 0 atom stereocenters. The van der Waals surface area contributed by atoms with Crippen LogP contribution in [-0.4, -0.2) is 53.0 Å². The summed E-state index contributed by atoms with van der Waals surface area (Å²) >= 11 is 0. The van der Waals surface area contributed by atoms with Gasteiger partial charge in [-0.3, -0.25) is 9.59 Å². The van der Waals surface area contributed by atoms with Gasteiger partial charge in [-0.25, -0.2) is 4.98 Å². The van der Waals surface area contributed by atoms with Crippen molar-refractivity contribution in [1.82, 2.24) is 19.8 Å². The molecular weight excluding hydrogens is 368 g/mol. The molecule has 0 aliphatic carbocycles. The standard InChI is InChI=1S/C22H30N4O3/c1-4-25(5-2)22(28)19-18-11-6-7-14-26(18)20(24-19)21(27)23-13-12-16-9-8-10-17(15-16)29-3/h8-10,15H,4-7,11-14H2,1-3H3,(H,23,27). The molecule has 0 saturated heterocycles. The van der Waals surface area contributed by atoms with E-state index in [-0.39, 0.29) is 11.8 Å². The van der Waals surface area contributed by atoms with Gasteiger partial charge in [-0.1, -0.05) is 12.1 Å². The minimum absolute atomic E-state index is 0.0870. The molecule has 0 radical (unpaired) electrons. The van der Waals surface area contributed by atoms with Crippen LogP contribution in [0.4, 0.5) is 0 Å². The molecule has 1 aliphatic heterocycles. The summed E-state index contributed by atoms with van der Waals surface area (Å²) in [5.74, 6) is 0.835. The van der Waals surface area contributed by atoms with E-state index in [9.17, 15) is 9.59 Å². The first-order valence-electron chi connectivity index (χ1n) is 10.4. The minimum Gasteiger partial charge on any atom is -0.497 e. The average molecular weight is 399 g/mol. The first-order chi connectivity index (χ1) is 14.1. The van der Waals surface area contributed by atoms with Gasteiger partial charge in [-0.05, 0) is 57.2 Å². The number of ether oxygens (including phenoxy) is 1. The molecule has 7 nitrogen and oxygen atoms in total. The Morgan fingerprint density at radius 3 is 2.76 bits per heavy atom. The van der Waals surface area contributed by atoms with E-state index in [0.717, 1.165) is 42.8 Å². The monoisotopic (exact) mass is 398 g/mol. The maximum atomic E-state index is 12.9. The van der Waals surface area contributed by atoms with Gasteiger partial charge >= 0.3 is 0 Å². The zero-order valence-electron chi connectivity index (χ0n) is 17.5. The van der Waals surface area contributed by atoms with Crippen LogP contribution in [0.25, 0.3) is 0 Å². The smallest absolute Gasteiger partial charge is 0.287 e. The molecule has 0 spiro atoms. The number of nitrogens with zero attached hydrogens (tertiary/aromatic N) is 3. The molecule has 0 fully saturated rings. The molecule has 0 unspecified atom stereocenters. The summed E-state index contributed by atoms with van der Waals surface area (Å²) in [7, 11) is 1.64. The highest BCUT2D eigenvalue weighted by Gasteiger charge is 2.29. The Morgan fingerprint density at radius 1 is 1.24 bits per heavy atom. The lowest BCUT2D eigenvalue weighted by Gasteiger charge is -2.20. The van der Waals surface area contributed by atoms with Crippen LogP contribution < -0.4 is 10.1 Å². The number of carbonyl (C=O) groups excluding carboxylic acids is 2. The number of fused-ring (bicyclic) bond motifs is 1. The predicted octanol–water partition coefficient (Wildman–Crippen LogP) is 2.68. The molecule has 2 amide bonds. The molecule has 156 valence electrons. The number of benzene rings is 1. The Bertz CT molecular complexity index is 871. The molecule has 29 heavy (non-hydrogen) atoms. The third-order valence-electron chi connectivity index (χ3n) is 5.41. The second-order valence-corrected chi connectivity index (χ2v) is 7.17. The number of carbonyl (C=O) groups is 2. The fraction of sp³-hybridized carbons (Fsp3) is 0.500. The van der Waals surface area contributed by atoms with Gasteiger partial charge in [0.25, 0.3) is 11.8 Å². The van der Waals surface area contributed by atoms with Gasteiger partial charge in [0, 0.05) is 26.2 Å². The molecule has 0 bridgehead atoms. The molecule has 3 rings (SSSR count). The summed E-state index contributed by atoms with van der Waals surface area (Å²) in [6.07, 6.45) is 3.49. The van der Waals surface area contributed by atoms with Crippen molar-refractivity contribution >= 4 is 11.8 Å². The van der Waals surface area contributed by atoms with Crippen LogP contribution in [0.3, 0.4) is 0 Å². The van der Waals surface area contributed by atoms with Crippen LogP contribution in [-0.2, 0) is 19.4 Å². The van der Waals surface area contributed by atoms with E-state index in [1.54, 1.807) is 12.0 Å². The van der Waals surface area contributed by atoms with Crippen molar-refractivity contribution in [1.29, 1.82) is 0 Å². The van der Waals surface area contributed by atoms with Gasteiger partial charge in [0.2, 0.25) is 0 Å². The molecule has 2 aromatic rings. The fourth-order valence-corrected chi connectivity index (χ4v) is 3.78. The van der Waals surface area contributed by atoms with Gasteiger partial charge in [0.15, 0.2) is 5.82 Å². The van der Waals surface area contributed by atoms with Crippen LogP contribution in [0.5, 0.6) is 5.75 Å². The Hall–Kier alpha value is -2.83. The highest BCUT2D eigenvalue weighted by molar-refractivity contribution is 5.97. The molecule has 0 saturated carbocycles. The number of nitrogens with one attached hydrogen (secondary N) is 1. The maximum absolute atomic E-state index is 12.9. The van der Waals surface area contributed by atoms with E-state index in [4.69, 9.17) is 4.74 Å². The Morgan fingerprint density at radius 2 is 2.03 bits per heavy atom. The first kappa shape index (κ1) is 20.9. The zero-order chi connectivity index (χ0) is 20.8. The Labute approximate surface area is 172 Å². The van der Waals surface area contributed by atoms with Gasteiger partial charge in [-0.2, -0.15) is 0 Å². The fourth-order valence-electron chi connectivity index (χ4n) is 3.78. The van der Waals surface area contributed by atoms with Gasteiger partial charge in [-0.15, -0.1) is 0 Å². The molecule has 2 heterocycles. The highest BCUT2D eigenvalue weighted by Crippen LogP contribution is 2.22. The van der Waals surface area contributed by atoms with Crippen molar-refractivity contribution in [2.24, 2.45) is 0 Å². The van der Waals surface area contributed by atoms with Gasteiger partial charge in [0.1, 0.15) is 11.4 Å². The number of aromatic nitrogens is 2. The van der Waals surface area contributed by atoms with Crippen molar-refractivity contribution in [2.45, 2.75) is 46.1 Å². The number of hydrogen-bond acceptors (Lipinski definition) is 4. The summed E-state index contributed by atoms with van der Waals surface area (Å²) in [5, 5.41) is 2.96. The maximum Gasteiger partial charge on any atom is 0.287 e. The Balaban J connectivity index is 1.73. The van der Waals surface area contributed by atoms with Crippen LogP contribution in [0, 0.1) is 0 Å². The molecule has 1 aliphatic rings. The summed E-state index contributed by atoms with van der Waals surface area (Å²) in [6, 6.07) is 7.80. The van der Waals surface area contributed by atoms with E-state index in [0.29, 0.717) is 37.6 Å². The second-order valence-electron chi connectivity index (χ2n) is 7.17. The van der Waals surface area contributed by atoms with E-state index in [1.165, 1.54) is 0 Å². The molecule has 1 N–H and O–H groups in total. The Kier molecular flexibility index (Phi) is 6.90. The third kappa shape index (κ3) is 4.60. The lowest BCUT2D eigenvalue weighted by Crippen LogP contribution is -2.31. The highest BCUT2D eigenvalue weighted by atomic mass is 16.5. The number of imidazole rings is 1. The SMILES string of the molecule is CCN(CC)C(=O)c1nc(C(=O)NCCc2cccc(OC)c2)n2c1CCCC2. The van der Waals surface area contributed by atoms with E-state index in [1.807, 2.05) is 42.7 Å². The summed E-state index contributed by atoms with van der Waals surface area (Å²) in [6.45, 7) is 6.39. The van der Waals surface area contributed by atoms with Crippen molar-refractivity contribution < 1.29 is 14.3 Å². The van der Waals surface area contributed by atoms with E-state index < -0.39 is 0 Å². The number of hydrogen-bond donors (Lipinski definition) is 1. The quantitative estimate of drug-likeness (QED) is 0.742. The predicted molar refractivity (Wildman–Crippen MR) is 111 cm³/mol. The summed E-state index contributed by atoms with van der Waals surface area (Å²) < 4.78 is 7.17. The van der Waals surface area contributed by atoms with E-state index >= 15 is 0 Å². The van der Waals surface area contributed by atoms with Crippen LogP contribution >= 0.6 is 0 Å². The van der Waals surface area contributed by atoms with Crippen molar-refractivity contribution in [3.05, 3.63) is 47.0 Å². The van der Waals surface area contributed by atoms with Crippen LogP contribution in [0.1, 0.15) is 59.1 Å². The topological polar surface area (TPSA) is 76.5 Å². The lowest BCUT2D eigenvalue weighted by molar-refractivity contribution is 0.0766. The molecular formula is C22H30N4O3. The van der Waals surface area contributed by atoms with Gasteiger partial charge in [0.05, 0.1) is 12.8 Å². The second kappa shape index (κ2) is 9.58. The van der Waals surface area contributed by atoms with Crippen molar-refractivity contribution in [3.8, 4) is 5.75 Å². The van der Waals surface area contributed by atoms with Crippen LogP contribution in [0.15, 0.2) is 24.3 Å². The largest absolute Gasteiger partial charge is 0.497 e. The zero-order valence-corrected chi connectivity index (χ0v) is 17.5. The molecule has 1 aromatic carbocycles. The van der Waals surface area contributed by atoms with Gasteiger partial charge < -0.3 is 19.5 Å². The normalized spacial score (nSPS) is 12.9. The first-order valence-corrected chi connectivity index (χ1v) is 10.4. The molecule has 7 heteroatoms. The summed E-state index contributed by atoms with van der Waals surface area (Å²) in [4.78, 5) is 32.0. The lowest BCUT2D eigenvalue weighted by atomic mass is 10.1. The minimum atomic E-state index is -0.227. The van der Waals surface area contributed by atoms with Crippen molar-refractivity contribution in [2.75, 3.05) is 26.7 Å². The van der Waals surface area contributed by atoms with Crippen LogP contribution in [0.2, 0.25) is 0 Å². The third-order valence-corrected chi connectivity index (χ3v) is 5.41. The number of methoxy groups -OCH3 is 1. The van der Waals surface area contributed by atoms with E-state index in [2.05, 4.69) is 10.3 Å². The average Bonchev–Trinajstić information content (AvgIpc) is 3.14. The number of rotatable bonds is 8.